The second-order valence-electron chi connectivity index (χ2n) is 5.22. The first-order valence-electron chi connectivity index (χ1n) is 5.15. The van der Waals surface area contributed by atoms with Gasteiger partial charge >= 0.3 is 0 Å². The smallest absolute Gasteiger partial charge is 0.00625 e. The van der Waals surface area contributed by atoms with Crippen LogP contribution >= 0.6 is 0 Å². The Bertz CT molecular complexity index is 228. The van der Waals surface area contributed by atoms with Gasteiger partial charge in [0.2, 0.25) is 0 Å². The van der Waals surface area contributed by atoms with Crippen LogP contribution in [0.1, 0.15) is 34.1 Å². The average Bonchev–Trinajstić information content (AvgIpc) is 2.74. The normalized spacial score (nSPS) is 56.7. The highest BCUT2D eigenvalue weighted by molar-refractivity contribution is 5.22. The summed E-state index contributed by atoms with van der Waals surface area (Å²) in [5.41, 5.74) is 1.87. The number of fused-ring (bicyclic) bond motifs is 1. The van der Waals surface area contributed by atoms with Gasteiger partial charge in [-0.2, -0.15) is 0 Å². The number of hydrogen-bond donors (Lipinski definition) is 0. The first kappa shape index (κ1) is 8.34. The van der Waals surface area contributed by atoms with Crippen LogP contribution in [-0.2, 0) is 0 Å². The van der Waals surface area contributed by atoms with E-state index in [1.54, 1.807) is 0 Å². The van der Waals surface area contributed by atoms with Gasteiger partial charge in [0.1, 0.15) is 0 Å². The summed E-state index contributed by atoms with van der Waals surface area (Å²) in [6, 6.07) is 0. The first-order valence-corrected chi connectivity index (χ1v) is 5.15. The van der Waals surface area contributed by atoms with Crippen LogP contribution in [0.15, 0.2) is 12.2 Å². The van der Waals surface area contributed by atoms with Gasteiger partial charge in [0.05, 0.1) is 0 Å². The van der Waals surface area contributed by atoms with E-state index in [4.69, 9.17) is 0 Å². The zero-order chi connectivity index (χ0) is 9.09. The maximum Gasteiger partial charge on any atom is -0.00625 e. The molecule has 0 heteroatoms. The number of allylic oxidation sites excluding steroid dienone is 1. The van der Waals surface area contributed by atoms with Crippen LogP contribution in [0.2, 0.25) is 0 Å². The Labute approximate surface area is 76.1 Å². The van der Waals surface area contributed by atoms with Crippen LogP contribution in [0.3, 0.4) is 0 Å². The summed E-state index contributed by atoms with van der Waals surface area (Å²) < 4.78 is 0. The fourth-order valence-corrected chi connectivity index (χ4v) is 3.44. The fraction of sp³-hybridized carbons (Fsp3) is 0.833. The first-order chi connectivity index (χ1) is 5.49. The van der Waals surface area contributed by atoms with Gasteiger partial charge in [0, 0.05) is 0 Å². The number of hydrogen-bond acceptors (Lipinski definition) is 0. The van der Waals surface area contributed by atoms with Gasteiger partial charge in [0.15, 0.2) is 0 Å². The molecule has 5 atom stereocenters. The minimum absolute atomic E-state index is 0.462. The molecule has 0 aromatic heterocycles. The SMILES string of the molecule is C=C(C)C1(C)C(C)C(C)C2CC21. The predicted octanol–water partition coefficient (Wildman–Crippen LogP) is 3.49. The van der Waals surface area contributed by atoms with Crippen molar-refractivity contribution in [1.29, 1.82) is 0 Å². The van der Waals surface area contributed by atoms with Crippen molar-refractivity contribution in [3.63, 3.8) is 0 Å². The van der Waals surface area contributed by atoms with Crippen molar-refractivity contribution in [3.8, 4) is 0 Å². The lowest BCUT2D eigenvalue weighted by atomic mass is 9.70. The Morgan fingerprint density at radius 1 is 1.42 bits per heavy atom. The molecule has 2 saturated carbocycles. The van der Waals surface area contributed by atoms with Crippen molar-refractivity contribution >= 4 is 0 Å². The summed E-state index contributed by atoms with van der Waals surface area (Å²) in [6.45, 7) is 13.6. The highest BCUT2D eigenvalue weighted by Crippen LogP contribution is 2.69. The monoisotopic (exact) mass is 164 g/mol. The molecule has 2 aliphatic rings. The second-order valence-corrected chi connectivity index (χ2v) is 5.22. The van der Waals surface area contributed by atoms with Crippen LogP contribution in [0.4, 0.5) is 0 Å². The molecular formula is C12H20. The van der Waals surface area contributed by atoms with Gasteiger partial charge in [-0.25, -0.2) is 0 Å². The lowest BCUT2D eigenvalue weighted by molar-refractivity contribution is 0.217. The molecule has 0 saturated heterocycles. The van der Waals surface area contributed by atoms with Crippen LogP contribution in [0, 0.1) is 29.1 Å². The van der Waals surface area contributed by atoms with Crippen molar-refractivity contribution in [2.24, 2.45) is 29.1 Å². The molecule has 5 unspecified atom stereocenters. The lowest BCUT2D eigenvalue weighted by Crippen LogP contribution is -2.27. The van der Waals surface area contributed by atoms with Crippen molar-refractivity contribution in [2.45, 2.75) is 34.1 Å². The largest absolute Gasteiger partial charge is 0.0996 e. The molecule has 2 aliphatic carbocycles. The molecule has 0 aromatic rings. The Morgan fingerprint density at radius 2 is 2.00 bits per heavy atom. The van der Waals surface area contributed by atoms with Gasteiger partial charge in [-0.3, -0.25) is 0 Å². The second kappa shape index (κ2) is 2.16. The van der Waals surface area contributed by atoms with Crippen LogP contribution < -0.4 is 0 Å². The molecule has 0 N–H and O–H groups in total. The van der Waals surface area contributed by atoms with Gasteiger partial charge < -0.3 is 0 Å². The Hall–Kier alpha value is -0.260. The van der Waals surface area contributed by atoms with E-state index in [-0.39, 0.29) is 0 Å². The third-order valence-corrected chi connectivity index (χ3v) is 4.94. The van der Waals surface area contributed by atoms with Crippen LogP contribution in [0.5, 0.6) is 0 Å². The van der Waals surface area contributed by atoms with Crippen molar-refractivity contribution in [2.75, 3.05) is 0 Å². The summed E-state index contributed by atoms with van der Waals surface area (Å²) >= 11 is 0. The maximum atomic E-state index is 4.17. The molecule has 0 amide bonds. The van der Waals surface area contributed by atoms with E-state index in [0.29, 0.717) is 5.41 Å². The van der Waals surface area contributed by atoms with E-state index in [0.717, 1.165) is 23.7 Å². The standard InChI is InChI=1S/C12H20/c1-7(2)12(5)9(4)8(3)10-6-11(10)12/h8-11H,1,6H2,2-5H3. The van der Waals surface area contributed by atoms with Crippen molar-refractivity contribution < 1.29 is 0 Å². The van der Waals surface area contributed by atoms with Gasteiger partial charge in [-0.05, 0) is 42.4 Å². The topological polar surface area (TPSA) is 0 Å². The minimum atomic E-state index is 0.462. The average molecular weight is 164 g/mol. The molecular weight excluding hydrogens is 144 g/mol. The Morgan fingerprint density at radius 3 is 2.25 bits per heavy atom. The molecule has 0 aromatic carbocycles. The molecule has 0 heterocycles. The van der Waals surface area contributed by atoms with E-state index in [9.17, 15) is 0 Å². The van der Waals surface area contributed by atoms with Gasteiger partial charge in [-0.1, -0.05) is 32.9 Å². The van der Waals surface area contributed by atoms with Gasteiger partial charge in [0.25, 0.3) is 0 Å². The van der Waals surface area contributed by atoms with Gasteiger partial charge in [-0.15, -0.1) is 0 Å². The van der Waals surface area contributed by atoms with Crippen molar-refractivity contribution in [3.05, 3.63) is 12.2 Å². The van der Waals surface area contributed by atoms with E-state index < -0.39 is 0 Å². The quantitative estimate of drug-likeness (QED) is 0.520. The highest BCUT2D eigenvalue weighted by atomic mass is 14.7. The third kappa shape index (κ3) is 0.739. The Kier molecular flexibility index (Phi) is 1.50. The fourth-order valence-electron chi connectivity index (χ4n) is 3.44. The zero-order valence-electron chi connectivity index (χ0n) is 8.72. The molecule has 0 bridgehead atoms. The van der Waals surface area contributed by atoms with Crippen LogP contribution in [0.25, 0.3) is 0 Å². The van der Waals surface area contributed by atoms with E-state index in [2.05, 4.69) is 34.3 Å². The molecule has 0 radical (unpaired) electrons. The van der Waals surface area contributed by atoms with Crippen LogP contribution in [-0.4, -0.2) is 0 Å². The molecule has 2 rings (SSSR count). The molecule has 12 heavy (non-hydrogen) atoms. The summed E-state index contributed by atoms with van der Waals surface area (Å²) in [7, 11) is 0. The zero-order valence-corrected chi connectivity index (χ0v) is 8.72. The maximum absolute atomic E-state index is 4.17. The minimum Gasteiger partial charge on any atom is -0.0996 e. The summed E-state index contributed by atoms with van der Waals surface area (Å²) in [5, 5.41) is 0. The third-order valence-electron chi connectivity index (χ3n) is 4.94. The summed E-state index contributed by atoms with van der Waals surface area (Å²) in [6.07, 6.45) is 1.47. The molecule has 2 fully saturated rings. The van der Waals surface area contributed by atoms with E-state index >= 15 is 0 Å². The molecule has 0 spiro atoms. The highest BCUT2D eigenvalue weighted by Gasteiger charge is 2.62. The summed E-state index contributed by atoms with van der Waals surface area (Å²) in [4.78, 5) is 0. The predicted molar refractivity (Wildman–Crippen MR) is 52.8 cm³/mol. The number of rotatable bonds is 1. The van der Waals surface area contributed by atoms with Crippen molar-refractivity contribution in [1.82, 2.24) is 0 Å². The van der Waals surface area contributed by atoms with E-state index in [1.165, 1.54) is 12.0 Å². The van der Waals surface area contributed by atoms with E-state index in [1.807, 2.05) is 0 Å². The summed E-state index contributed by atoms with van der Waals surface area (Å²) in [5.74, 6) is 3.78. The molecule has 0 aliphatic heterocycles. The molecule has 0 nitrogen and oxygen atoms in total. The molecule has 68 valence electrons. The Balaban J connectivity index is 2.32. The lowest BCUT2D eigenvalue weighted by Gasteiger charge is -2.35.